The lowest BCUT2D eigenvalue weighted by atomic mass is 9.59. The summed E-state index contributed by atoms with van der Waals surface area (Å²) in [5, 5.41) is 9.42. The molecule has 2 aliphatic carbocycles. The minimum atomic E-state index is -0.547. The molecule has 3 heteroatoms. The maximum absolute atomic E-state index is 11.4. The Morgan fingerprint density at radius 1 is 0.771 bits per heavy atom. The van der Waals surface area contributed by atoms with Crippen LogP contribution >= 0.6 is 0 Å². The van der Waals surface area contributed by atoms with Gasteiger partial charge in [0.2, 0.25) is 0 Å². The van der Waals surface area contributed by atoms with Crippen LogP contribution in [0.5, 0.6) is 0 Å². The summed E-state index contributed by atoms with van der Waals surface area (Å²) in [5.41, 5.74) is 1.64. The molecule has 1 N–H and O–H groups in total. The third-order valence-corrected chi connectivity index (χ3v) is 12.1. The molecule has 0 heterocycles. The van der Waals surface area contributed by atoms with Crippen LogP contribution in [-0.2, 0) is 4.79 Å². The van der Waals surface area contributed by atoms with Gasteiger partial charge in [-0.05, 0) is 56.3 Å². The summed E-state index contributed by atoms with van der Waals surface area (Å²) in [4.78, 5) is 11.4. The Morgan fingerprint density at radius 3 is 1.80 bits per heavy atom. The minimum Gasteiger partial charge on any atom is -0.481 e. The van der Waals surface area contributed by atoms with Gasteiger partial charge >= 0.3 is 5.97 Å². The molecule has 0 aromatic heterocycles. The maximum Gasteiger partial charge on any atom is 0.306 e. The number of aliphatic carboxylic acids is 1. The zero-order valence-electron chi connectivity index (χ0n) is 24.0. The first kappa shape index (κ1) is 30.9. The number of hydrogen-bond acceptors (Lipinski definition) is 1. The highest BCUT2D eigenvalue weighted by Crippen LogP contribution is 2.52. The molecule has 2 aliphatic rings. The Morgan fingerprint density at radius 2 is 1.29 bits per heavy atom. The van der Waals surface area contributed by atoms with Crippen LogP contribution in [0.1, 0.15) is 167 Å². The zero-order chi connectivity index (χ0) is 25.2. The Bertz CT molecular complexity index is 520. The van der Waals surface area contributed by atoms with E-state index in [4.69, 9.17) is 0 Å². The molecule has 1 unspecified atom stereocenters. The normalized spacial score (nSPS) is 23.6. The van der Waals surface area contributed by atoms with Gasteiger partial charge in [0, 0.05) is 9.52 Å². The van der Waals surface area contributed by atoms with Crippen LogP contribution in [0.2, 0.25) is 12.1 Å². The number of hydrogen-bond donors (Lipinski definition) is 1. The molecule has 0 amide bonds. The molecule has 0 aliphatic heterocycles. The third kappa shape index (κ3) is 12.2. The van der Waals surface area contributed by atoms with E-state index in [0.717, 1.165) is 24.3 Å². The second-order valence-corrected chi connectivity index (χ2v) is 14.6. The van der Waals surface area contributed by atoms with Gasteiger partial charge in [-0.2, -0.15) is 0 Å². The van der Waals surface area contributed by atoms with Crippen molar-refractivity contribution < 1.29 is 9.90 Å². The van der Waals surface area contributed by atoms with Gasteiger partial charge in [-0.25, -0.2) is 0 Å². The fourth-order valence-electron chi connectivity index (χ4n) is 7.64. The highest BCUT2D eigenvalue weighted by Gasteiger charge is 2.41. The average Bonchev–Trinajstić information content (AvgIpc) is 2.89. The van der Waals surface area contributed by atoms with Crippen molar-refractivity contribution in [3.8, 4) is 0 Å². The predicted octanol–water partition coefficient (Wildman–Crippen LogP) is 10.1. The Labute approximate surface area is 222 Å². The molecule has 2 saturated carbocycles. The minimum absolute atomic E-state index is 0.0575. The Hall–Kier alpha value is -0.313. The van der Waals surface area contributed by atoms with E-state index >= 15 is 0 Å². The van der Waals surface area contributed by atoms with E-state index in [1.54, 1.807) is 0 Å². The van der Waals surface area contributed by atoms with E-state index in [2.05, 4.69) is 13.5 Å². The van der Waals surface area contributed by atoms with Crippen LogP contribution < -0.4 is 0 Å². The average molecular weight is 507 g/mol. The molecule has 0 aromatic carbocycles. The molecule has 35 heavy (non-hydrogen) atoms. The van der Waals surface area contributed by atoms with Crippen molar-refractivity contribution in [2.24, 2.45) is 17.3 Å². The van der Waals surface area contributed by atoms with Crippen molar-refractivity contribution in [1.29, 1.82) is 0 Å². The smallest absolute Gasteiger partial charge is 0.306 e. The predicted molar refractivity (Wildman–Crippen MR) is 156 cm³/mol. The molecule has 0 spiro atoms. The van der Waals surface area contributed by atoms with Gasteiger partial charge in [-0.3, -0.25) is 4.79 Å². The topological polar surface area (TPSA) is 37.3 Å². The lowest BCUT2D eigenvalue weighted by molar-refractivity contribution is -0.143. The van der Waals surface area contributed by atoms with Gasteiger partial charge in [-0.1, -0.05) is 135 Å². The summed E-state index contributed by atoms with van der Waals surface area (Å²) in [7, 11) is 0.0955. The van der Waals surface area contributed by atoms with Crippen LogP contribution in [0.15, 0.2) is 0 Å². The maximum atomic E-state index is 11.4. The SMILES string of the molecule is CCCCCCCCCCCCCCC(CCCC1(C2CCC(C(=O)O)CC2)CCCCC1)[SiH2]C. The van der Waals surface area contributed by atoms with Gasteiger partial charge < -0.3 is 5.11 Å². The van der Waals surface area contributed by atoms with E-state index in [1.165, 1.54) is 148 Å². The van der Waals surface area contributed by atoms with Crippen molar-refractivity contribution >= 4 is 15.5 Å². The van der Waals surface area contributed by atoms with Gasteiger partial charge in [0.25, 0.3) is 0 Å². The van der Waals surface area contributed by atoms with Gasteiger partial charge in [0.15, 0.2) is 0 Å². The van der Waals surface area contributed by atoms with Crippen LogP contribution in [0.25, 0.3) is 0 Å². The molecular formula is C32H62O2Si. The molecule has 206 valence electrons. The number of rotatable bonds is 20. The summed E-state index contributed by atoms with van der Waals surface area (Å²) in [6.45, 7) is 4.85. The van der Waals surface area contributed by atoms with E-state index < -0.39 is 5.97 Å². The standard InChI is InChI=1S/C32H62O2Si/c1-3-4-5-6-7-8-9-10-11-12-13-15-19-30(35-2)20-18-27-32(25-16-14-17-26-32)29-23-21-28(22-24-29)31(33)34/h28-30H,3-27,35H2,1-2H3,(H,33,34). The lowest BCUT2D eigenvalue weighted by Crippen LogP contribution is -2.36. The van der Waals surface area contributed by atoms with Crippen molar-refractivity contribution in [2.75, 3.05) is 0 Å². The van der Waals surface area contributed by atoms with Crippen LogP contribution in [-0.4, -0.2) is 20.6 Å². The summed E-state index contributed by atoms with van der Waals surface area (Å²) < 4.78 is 0. The second kappa shape index (κ2) is 18.9. The highest BCUT2D eigenvalue weighted by molar-refractivity contribution is 6.35. The van der Waals surface area contributed by atoms with Gasteiger partial charge in [-0.15, -0.1) is 0 Å². The van der Waals surface area contributed by atoms with Crippen LogP contribution in [0.4, 0.5) is 0 Å². The fourth-order valence-corrected chi connectivity index (χ4v) is 9.03. The number of carboxylic acids is 1. The van der Waals surface area contributed by atoms with Gasteiger partial charge in [0.1, 0.15) is 0 Å². The first-order valence-electron chi connectivity index (χ1n) is 16.3. The third-order valence-electron chi connectivity index (χ3n) is 10.1. The monoisotopic (exact) mass is 506 g/mol. The molecule has 0 aromatic rings. The number of carbonyl (C=O) groups is 1. The summed E-state index contributed by atoms with van der Waals surface area (Å²) in [6, 6.07) is 0. The van der Waals surface area contributed by atoms with Crippen molar-refractivity contribution in [3.63, 3.8) is 0 Å². The molecule has 0 saturated heterocycles. The van der Waals surface area contributed by atoms with Crippen LogP contribution in [0, 0.1) is 17.3 Å². The molecule has 1 atom stereocenters. The van der Waals surface area contributed by atoms with Crippen molar-refractivity contribution in [3.05, 3.63) is 0 Å². The first-order valence-corrected chi connectivity index (χ1v) is 18.6. The molecule has 2 nitrogen and oxygen atoms in total. The highest BCUT2D eigenvalue weighted by atomic mass is 28.2. The fraction of sp³-hybridized carbons (Fsp3) is 0.969. The van der Waals surface area contributed by atoms with Crippen molar-refractivity contribution in [2.45, 2.75) is 180 Å². The quantitative estimate of drug-likeness (QED) is 0.132. The number of carboxylic acid groups (broad SMARTS) is 1. The van der Waals surface area contributed by atoms with E-state index in [9.17, 15) is 9.90 Å². The zero-order valence-corrected chi connectivity index (χ0v) is 25.4. The molecule has 2 rings (SSSR count). The summed E-state index contributed by atoms with van der Waals surface area (Å²) >= 11 is 0. The first-order chi connectivity index (χ1) is 17.1. The van der Waals surface area contributed by atoms with Gasteiger partial charge in [0.05, 0.1) is 5.92 Å². The molecule has 0 radical (unpaired) electrons. The van der Waals surface area contributed by atoms with Crippen LogP contribution in [0.3, 0.4) is 0 Å². The van der Waals surface area contributed by atoms with E-state index in [1.807, 2.05) is 0 Å². The molecule has 0 bridgehead atoms. The van der Waals surface area contributed by atoms with E-state index in [0.29, 0.717) is 5.41 Å². The second-order valence-electron chi connectivity index (χ2n) is 12.7. The largest absolute Gasteiger partial charge is 0.481 e. The summed E-state index contributed by atoms with van der Waals surface area (Å²) in [6.07, 6.45) is 34.7. The molecule has 2 fully saturated rings. The van der Waals surface area contributed by atoms with Crippen molar-refractivity contribution in [1.82, 2.24) is 0 Å². The summed E-state index contributed by atoms with van der Waals surface area (Å²) in [5.74, 6) is 0.208. The Kier molecular flexibility index (Phi) is 16.7. The lowest BCUT2D eigenvalue weighted by Gasteiger charge is -2.47. The number of unbranched alkanes of at least 4 members (excludes halogenated alkanes) is 11. The Balaban J connectivity index is 1.57. The van der Waals surface area contributed by atoms with E-state index in [-0.39, 0.29) is 15.4 Å². The molecular weight excluding hydrogens is 444 g/mol.